The number of hydrogen-bond donors (Lipinski definition) is 2. The predicted octanol–water partition coefficient (Wildman–Crippen LogP) is -0.459. The summed E-state index contributed by atoms with van der Waals surface area (Å²) in [5, 5.41) is 17.7. The minimum absolute atomic E-state index is 0.0970. The Morgan fingerprint density at radius 1 is 1.50 bits per heavy atom. The van der Waals surface area contributed by atoms with Gasteiger partial charge in [0, 0.05) is 19.6 Å². The van der Waals surface area contributed by atoms with Gasteiger partial charge in [0.15, 0.2) is 6.10 Å². The van der Waals surface area contributed by atoms with Crippen molar-refractivity contribution in [2.75, 3.05) is 19.6 Å². The molecule has 1 fully saturated rings. The second kappa shape index (κ2) is 4.72. The molecule has 1 aliphatic rings. The summed E-state index contributed by atoms with van der Waals surface area (Å²) in [6, 6.07) is 0. The Kier molecular flexibility index (Phi) is 3.86. The number of carboxylic acids is 1. The Morgan fingerprint density at radius 2 is 2.00 bits per heavy atom. The van der Waals surface area contributed by atoms with Gasteiger partial charge in [-0.1, -0.05) is 0 Å². The highest BCUT2D eigenvalue weighted by molar-refractivity contribution is 5.72. The molecule has 0 saturated carbocycles. The number of ether oxygens (including phenoxy) is 1. The lowest BCUT2D eigenvalue weighted by atomic mass is 10.2. The van der Waals surface area contributed by atoms with Crippen LogP contribution in [-0.4, -0.2) is 59.0 Å². The minimum Gasteiger partial charge on any atom is -0.479 e. The molecule has 3 atom stereocenters. The van der Waals surface area contributed by atoms with E-state index in [-0.39, 0.29) is 18.8 Å². The maximum absolute atomic E-state index is 10.4. The third-order valence-electron chi connectivity index (χ3n) is 2.21. The number of aliphatic hydroxyl groups excluding tert-OH is 1. The van der Waals surface area contributed by atoms with Gasteiger partial charge < -0.3 is 14.9 Å². The molecule has 0 bridgehead atoms. The van der Waals surface area contributed by atoms with E-state index < -0.39 is 12.1 Å². The van der Waals surface area contributed by atoms with Crippen molar-refractivity contribution in [3.05, 3.63) is 0 Å². The molecule has 0 spiro atoms. The molecule has 1 rings (SSSR count). The van der Waals surface area contributed by atoms with E-state index in [1.165, 1.54) is 0 Å². The first-order valence-electron chi connectivity index (χ1n) is 4.77. The fourth-order valence-corrected chi connectivity index (χ4v) is 1.76. The summed E-state index contributed by atoms with van der Waals surface area (Å²) >= 11 is 0. The van der Waals surface area contributed by atoms with Crippen LogP contribution in [0.3, 0.4) is 0 Å². The molecule has 14 heavy (non-hydrogen) atoms. The monoisotopic (exact) mass is 203 g/mol. The standard InChI is InChI=1S/C9H17NO4/c1-6-3-10(4-7(2)14-6)5-8(11)9(12)13/h6-8,11H,3-5H2,1-2H3,(H,12,13). The first kappa shape index (κ1) is 11.4. The quantitative estimate of drug-likeness (QED) is 0.649. The number of β-amino-alcohol motifs (C(OH)–C–C–N with tert-alkyl or cyclic N) is 1. The van der Waals surface area contributed by atoms with Crippen molar-refractivity contribution in [1.29, 1.82) is 0 Å². The van der Waals surface area contributed by atoms with Gasteiger partial charge >= 0.3 is 5.97 Å². The van der Waals surface area contributed by atoms with E-state index in [0.717, 1.165) is 0 Å². The Labute approximate surface area is 83.3 Å². The van der Waals surface area contributed by atoms with Crippen molar-refractivity contribution < 1.29 is 19.7 Å². The summed E-state index contributed by atoms with van der Waals surface area (Å²) in [6.45, 7) is 5.41. The van der Waals surface area contributed by atoms with Gasteiger partial charge in [-0.3, -0.25) is 4.90 Å². The van der Waals surface area contributed by atoms with E-state index in [0.29, 0.717) is 13.1 Å². The summed E-state index contributed by atoms with van der Waals surface area (Å²) < 4.78 is 5.49. The van der Waals surface area contributed by atoms with E-state index in [1.807, 2.05) is 18.7 Å². The number of nitrogens with zero attached hydrogens (tertiary/aromatic N) is 1. The normalized spacial score (nSPS) is 31.4. The lowest BCUT2D eigenvalue weighted by molar-refractivity contribution is -0.149. The highest BCUT2D eigenvalue weighted by Gasteiger charge is 2.25. The average molecular weight is 203 g/mol. The SMILES string of the molecule is CC1CN(CC(O)C(=O)O)CC(C)O1. The molecule has 1 aliphatic heterocycles. The van der Waals surface area contributed by atoms with E-state index in [9.17, 15) is 4.79 Å². The van der Waals surface area contributed by atoms with Gasteiger partial charge in [-0.15, -0.1) is 0 Å². The van der Waals surface area contributed by atoms with Crippen molar-refractivity contribution in [3.8, 4) is 0 Å². The van der Waals surface area contributed by atoms with Crippen molar-refractivity contribution in [2.24, 2.45) is 0 Å². The molecule has 0 radical (unpaired) electrons. The van der Waals surface area contributed by atoms with E-state index in [2.05, 4.69) is 0 Å². The summed E-state index contributed by atoms with van der Waals surface area (Å²) in [5.74, 6) is -1.17. The molecule has 0 aliphatic carbocycles. The number of hydrogen-bond acceptors (Lipinski definition) is 4. The van der Waals surface area contributed by atoms with E-state index >= 15 is 0 Å². The number of aliphatic hydroxyl groups is 1. The van der Waals surface area contributed by atoms with Gasteiger partial charge in [0.1, 0.15) is 0 Å². The largest absolute Gasteiger partial charge is 0.479 e. The number of carboxylic acid groups (broad SMARTS) is 1. The zero-order valence-corrected chi connectivity index (χ0v) is 8.51. The first-order valence-corrected chi connectivity index (χ1v) is 4.77. The Balaban J connectivity index is 2.40. The highest BCUT2D eigenvalue weighted by atomic mass is 16.5. The van der Waals surface area contributed by atoms with Crippen molar-refractivity contribution in [2.45, 2.75) is 32.2 Å². The fourth-order valence-electron chi connectivity index (χ4n) is 1.76. The molecule has 5 heteroatoms. The molecule has 0 amide bonds. The number of rotatable bonds is 3. The molecule has 0 aromatic carbocycles. The zero-order valence-electron chi connectivity index (χ0n) is 8.51. The van der Waals surface area contributed by atoms with Crippen LogP contribution in [0.2, 0.25) is 0 Å². The van der Waals surface area contributed by atoms with Gasteiger partial charge in [-0.05, 0) is 13.8 Å². The third-order valence-corrected chi connectivity index (χ3v) is 2.21. The van der Waals surface area contributed by atoms with Crippen LogP contribution in [0.25, 0.3) is 0 Å². The van der Waals surface area contributed by atoms with E-state index in [4.69, 9.17) is 14.9 Å². The van der Waals surface area contributed by atoms with Crippen LogP contribution in [0.1, 0.15) is 13.8 Å². The molecular weight excluding hydrogens is 186 g/mol. The minimum atomic E-state index is -1.30. The molecule has 3 unspecified atom stereocenters. The molecule has 0 aromatic heterocycles. The van der Waals surface area contributed by atoms with Crippen molar-refractivity contribution in [1.82, 2.24) is 4.90 Å². The van der Waals surface area contributed by atoms with Gasteiger partial charge in [-0.2, -0.15) is 0 Å². The number of morpholine rings is 1. The smallest absolute Gasteiger partial charge is 0.333 e. The van der Waals surface area contributed by atoms with Gasteiger partial charge in [-0.25, -0.2) is 4.79 Å². The molecule has 0 aromatic rings. The topological polar surface area (TPSA) is 70.0 Å². The van der Waals surface area contributed by atoms with Crippen molar-refractivity contribution >= 4 is 5.97 Å². The fraction of sp³-hybridized carbons (Fsp3) is 0.889. The van der Waals surface area contributed by atoms with Crippen LogP contribution in [-0.2, 0) is 9.53 Å². The van der Waals surface area contributed by atoms with Crippen LogP contribution in [0.15, 0.2) is 0 Å². The lowest BCUT2D eigenvalue weighted by Crippen LogP contribution is -2.49. The molecule has 2 N–H and O–H groups in total. The van der Waals surface area contributed by atoms with Gasteiger partial charge in [0.2, 0.25) is 0 Å². The van der Waals surface area contributed by atoms with E-state index in [1.54, 1.807) is 0 Å². The Morgan fingerprint density at radius 3 is 2.43 bits per heavy atom. The number of carbonyl (C=O) groups is 1. The molecular formula is C9H17NO4. The Hall–Kier alpha value is -0.650. The first-order chi connectivity index (χ1) is 6.49. The second-order valence-corrected chi connectivity index (χ2v) is 3.83. The molecule has 1 heterocycles. The van der Waals surface area contributed by atoms with Crippen LogP contribution >= 0.6 is 0 Å². The van der Waals surface area contributed by atoms with Crippen LogP contribution in [0.5, 0.6) is 0 Å². The predicted molar refractivity (Wildman–Crippen MR) is 50.1 cm³/mol. The van der Waals surface area contributed by atoms with Crippen LogP contribution in [0, 0.1) is 0 Å². The average Bonchev–Trinajstić information content (AvgIpc) is 2.01. The highest BCUT2D eigenvalue weighted by Crippen LogP contribution is 2.10. The second-order valence-electron chi connectivity index (χ2n) is 3.83. The van der Waals surface area contributed by atoms with Crippen molar-refractivity contribution in [3.63, 3.8) is 0 Å². The molecule has 1 saturated heterocycles. The summed E-state index contributed by atoms with van der Waals surface area (Å²) in [6.07, 6.45) is -1.10. The van der Waals surface area contributed by atoms with Gasteiger partial charge in [0.25, 0.3) is 0 Å². The van der Waals surface area contributed by atoms with Crippen LogP contribution < -0.4 is 0 Å². The third kappa shape index (κ3) is 3.25. The maximum atomic E-state index is 10.4. The number of aliphatic carboxylic acids is 1. The maximum Gasteiger partial charge on any atom is 0.333 e. The summed E-state index contributed by atoms with van der Waals surface area (Å²) in [7, 11) is 0. The lowest BCUT2D eigenvalue weighted by Gasteiger charge is -2.35. The van der Waals surface area contributed by atoms with Crippen LogP contribution in [0.4, 0.5) is 0 Å². The summed E-state index contributed by atoms with van der Waals surface area (Å²) in [4.78, 5) is 12.3. The Bertz CT molecular complexity index is 199. The molecule has 5 nitrogen and oxygen atoms in total. The molecule has 82 valence electrons. The summed E-state index contributed by atoms with van der Waals surface area (Å²) in [5.41, 5.74) is 0. The van der Waals surface area contributed by atoms with Gasteiger partial charge in [0.05, 0.1) is 12.2 Å². The zero-order chi connectivity index (χ0) is 10.7.